The van der Waals surface area contributed by atoms with E-state index < -0.39 is 15.8 Å². The lowest BCUT2D eigenvalue weighted by atomic mass is 10.2. The average molecular weight is 445 g/mol. The van der Waals surface area contributed by atoms with E-state index in [1.54, 1.807) is 0 Å². The maximum absolute atomic E-state index is 12.9. The third-order valence-electron chi connectivity index (χ3n) is 3.42. The molecule has 1 N–H and O–H groups in total. The molecule has 0 aliphatic carbocycles. The molecule has 0 aliphatic heterocycles. The Labute approximate surface area is 157 Å². The molecule has 2 aromatic carbocycles. The fourth-order valence-corrected chi connectivity index (χ4v) is 4.77. The van der Waals surface area contributed by atoms with Crippen LogP contribution in [0.5, 0.6) is 5.75 Å². The van der Waals surface area contributed by atoms with Crippen LogP contribution in [0.25, 0.3) is 10.2 Å². The van der Waals surface area contributed by atoms with E-state index in [-0.39, 0.29) is 18.0 Å². The summed E-state index contributed by atoms with van der Waals surface area (Å²) < 4.78 is 46.9. The summed E-state index contributed by atoms with van der Waals surface area (Å²) in [5.74, 6) is 0.171. The number of benzene rings is 2. The molecule has 25 heavy (non-hydrogen) atoms. The van der Waals surface area contributed by atoms with Gasteiger partial charge in [0.2, 0.25) is 10.0 Å². The molecule has 3 rings (SSSR count). The summed E-state index contributed by atoms with van der Waals surface area (Å²) in [6, 6.07) is 8.39. The van der Waals surface area contributed by atoms with Gasteiger partial charge in [-0.3, -0.25) is 0 Å². The van der Waals surface area contributed by atoms with Gasteiger partial charge in [-0.25, -0.2) is 22.5 Å². The van der Waals surface area contributed by atoms with Crippen molar-refractivity contribution in [1.29, 1.82) is 0 Å². The van der Waals surface area contributed by atoms with Crippen LogP contribution in [-0.2, 0) is 10.0 Å². The monoisotopic (exact) mass is 444 g/mol. The minimum Gasteiger partial charge on any atom is -0.492 e. The van der Waals surface area contributed by atoms with Crippen molar-refractivity contribution in [3.8, 4) is 5.75 Å². The first-order chi connectivity index (χ1) is 11.8. The number of hydrogen-bond acceptors (Lipinski definition) is 5. The standard InChI is InChI=1S/C16H14BrFN2O3S2/c1-10-8-12(9-14-15(10)20-16(17)24-14)23-7-6-19-25(21,22)13-4-2-11(18)3-5-13/h2-5,8-9,19H,6-7H2,1H3. The Kier molecular flexibility index (Phi) is 5.38. The van der Waals surface area contributed by atoms with Gasteiger partial charge >= 0.3 is 0 Å². The van der Waals surface area contributed by atoms with E-state index in [1.165, 1.54) is 23.5 Å². The summed E-state index contributed by atoms with van der Waals surface area (Å²) in [6.45, 7) is 2.22. The van der Waals surface area contributed by atoms with Crippen LogP contribution in [-0.4, -0.2) is 26.6 Å². The van der Waals surface area contributed by atoms with Crippen molar-refractivity contribution < 1.29 is 17.5 Å². The third kappa shape index (κ3) is 4.35. The van der Waals surface area contributed by atoms with Crippen molar-refractivity contribution in [2.24, 2.45) is 0 Å². The predicted molar refractivity (Wildman–Crippen MR) is 99.1 cm³/mol. The highest BCUT2D eigenvalue weighted by Crippen LogP contribution is 2.31. The Bertz CT molecular complexity index is 1000. The molecule has 0 radical (unpaired) electrons. The van der Waals surface area contributed by atoms with Gasteiger partial charge in [0.05, 0.1) is 15.1 Å². The van der Waals surface area contributed by atoms with Crippen molar-refractivity contribution in [2.45, 2.75) is 11.8 Å². The number of aryl methyl sites for hydroxylation is 1. The number of aromatic nitrogens is 1. The minimum absolute atomic E-state index is 0.0145. The Morgan fingerprint density at radius 3 is 2.72 bits per heavy atom. The van der Waals surface area contributed by atoms with Crippen molar-refractivity contribution in [2.75, 3.05) is 13.2 Å². The van der Waals surface area contributed by atoms with Crippen molar-refractivity contribution in [3.05, 3.63) is 51.7 Å². The first-order valence-electron chi connectivity index (χ1n) is 7.30. The molecule has 0 amide bonds. The van der Waals surface area contributed by atoms with Crippen LogP contribution in [0.3, 0.4) is 0 Å². The van der Waals surface area contributed by atoms with Gasteiger partial charge in [0.1, 0.15) is 18.2 Å². The maximum atomic E-state index is 12.9. The van der Waals surface area contributed by atoms with E-state index in [1.807, 2.05) is 19.1 Å². The summed E-state index contributed by atoms with van der Waals surface area (Å²) in [5.41, 5.74) is 1.91. The summed E-state index contributed by atoms with van der Waals surface area (Å²) >= 11 is 4.87. The lowest BCUT2D eigenvalue weighted by molar-refractivity contribution is 0.323. The Morgan fingerprint density at radius 1 is 1.28 bits per heavy atom. The molecule has 0 saturated heterocycles. The summed E-state index contributed by atoms with van der Waals surface area (Å²) in [5, 5.41) is 0. The Morgan fingerprint density at radius 2 is 2.00 bits per heavy atom. The van der Waals surface area contributed by atoms with Crippen LogP contribution in [0.1, 0.15) is 5.56 Å². The fraction of sp³-hybridized carbons (Fsp3) is 0.188. The molecule has 0 unspecified atom stereocenters. The van der Waals surface area contributed by atoms with Gasteiger partial charge in [0.15, 0.2) is 3.92 Å². The van der Waals surface area contributed by atoms with Crippen LogP contribution in [0, 0.1) is 12.7 Å². The second kappa shape index (κ2) is 7.36. The van der Waals surface area contributed by atoms with Crippen molar-refractivity contribution in [1.82, 2.24) is 9.71 Å². The minimum atomic E-state index is -3.68. The molecule has 0 aliphatic rings. The Hall–Kier alpha value is -1.55. The van der Waals surface area contributed by atoms with Crippen LogP contribution in [0.2, 0.25) is 0 Å². The number of fused-ring (bicyclic) bond motifs is 1. The highest BCUT2D eigenvalue weighted by Gasteiger charge is 2.13. The zero-order valence-corrected chi connectivity index (χ0v) is 16.3. The van der Waals surface area contributed by atoms with Gasteiger partial charge in [-0.2, -0.15) is 0 Å². The highest BCUT2D eigenvalue weighted by molar-refractivity contribution is 9.11. The molecule has 9 heteroatoms. The van der Waals surface area contributed by atoms with E-state index in [2.05, 4.69) is 25.6 Å². The smallest absolute Gasteiger partial charge is 0.240 e. The van der Waals surface area contributed by atoms with E-state index in [0.29, 0.717) is 5.75 Å². The molecular formula is C16H14BrFN2O3S2. The number of thiazole rings is 1. The molecule has 1 aromatic heterocycles. The number of sulfonamides is 1. The lowest BCUT2D eigenvalue weighted by Gasteiger charge is -2.09. The lowest BCUT2D eigenvalue weighted by Crippen LogP contribution is -2.28. The third-order valence-corrected chi connectivity index (χ3v) is 6.35. The zero-order valence-electron chi connectivity index (χ0n) is 13.1. The largest absolute Gasteiger partial charge is 0.492 e. The van der Waals surface area contributed by atoms with Gasteiger partial charge in [0.25, 0.3) is 0 Å². The number of nitrogens with zero attached hydrogens (tertiary/aromatic N) is 1. The molecule has 1 heterocycles. The Balaban J connectivity index is 1.60. The van der Waals surface area contributed by atoms with Crippen molar-refractivity contribution >= 4 is 47.5 Å². The van der Waals surface area contributed by atoms with Gasteiger partial charge < -0.3 is 4.74 Å². The summed E-state index contributed by atoms with van der Waals surface area (Å²) in [4.78, 5) is 4.40. The fourth-order valence-electron chi connectivity index (χ4n) is 2.26. The van der Waals surface area contributed by atoms with Gasteiger partial charge in [-0.05, 0) is 64.8 Å². The maximum Gasteiger partial charge on any atom is 0.240 e. The van der Waals surface area contributed by atoms with Gasteiger partial charge in [-0.1, -0.05) is 0 Å². The topological polar surface area (TPSA) is 68.3 Å². The van der Waals surface area contributed by atoms with Crippen LogP contribution >= 0.6 is 27.3 Å². The van der Waals surface area contributed by atoms with Crippen LogP contribution in [0.15, 0.2) is 45.2 Å². The molecule has 3 aromatic rings. The summed E-state index contributed by atoms with van der Waals surface area (Å²) in [7, 11) is -3.68. The number of ether oxygens (including phenoxy) is 1. The molecule has 0 saturated carbocycles. The predicted octanol–water partition coefficient (Wildman–Crippen LogP) is 3.86. The second-order valence-corrected chi connectivity index (χ2v) is 9.33. The SMILES string of the molecule is Cc1cc(OCCNS(=O)(=O)c2ccc(F)cc2)cc2sc(Br)nc12. The molecular weight excluding hydrogens is 431 g/mol. The van der Waals surface area contributed by atoms with E-state index in [9.17, 15) is 12.8 Å². The molecule has 0 spiro atoms. The molecule has 132 valence electrons. The van der Waals surface area contributed by atoms with E-state index >= 15 is 0 Å². The highest BCUT2D eigenvalue weighted by atomic mass is 79.9. The van der Waals surface area contributed by atoms with Gasteiger partial charge in [0, 0.05) is 6.54 Å². The molecule has 0 atom stereocenters. The number of nitrogens with one attached hydrogen (secondary N) is 1. The first-order valence-corrected chi connectivity index (χ1v) is 10.4. The first kappa shape index (κ1) is 18.2. The quantitative estimate of drug-likeness (QED) is 0.586. The average Bonchev–Trinajstić information content (AvgIpc) is 2.93. The molecule has 5 nitrogen and oxygen atoms in total. The van der Waals surface area contributed by atoms with E-state index in [0.717, 1.165) is 31.8 Å². The van der Waals surface area contributed by atoms with Crippen molar-refractivity contribution in [3.63, 3.8) is 0 Å². The molecule has 0 fully saturated rings. The van der Waals surface area contributed by atoms with E-state index in [4.69, 9.17) is 4.74 Å². The normalized spacial score (nSPS) is 11.8. The number of hydrogen-bond donors (Lipinski definition) is 1. The van der Waals surface area contributed by atoms with Crippen LogP contribution < -0.4 is 9.46 Å². The van der Waals surface area contributed by atoms with Gasteiger partial charge in [-0.15, -0.1) is 11.3 Å². The number of rotatable bonds is 6. The number of halogens is 2. The molecule has 0 bridgehead atoms. The zero-order chi connectivity index (χ0) is 18.0. The second-order valence-electron chi connectivity index (χ2n) is 5.25. The summed E-state index contributed by atoms with van der Waals surface area (Å²) in [6.07, 6.45) is 0. The van der Waals surface area contributed by atoms with Crippen LogP contribution in [0.4, 0.5) is 4.39 Å².